The van der Waals surface area contributed by atoms with E-state index in [1.807, 2.05) is 29.3 Å². The van der Waals surface area contributed by atoms with Crippen LogP contribution in [0.5, 0.6) is 0 Å². The standard InChI is InChI=1S/C18H18N4O4/c1-21-11-7-3-5-9(17(23)24)13(11)19-15(21)16-20-14-10(18(25)26)6-4-8-12(14)22(16)2/h3,5,7,10,15-16H,4,6,8H2,1-2H3/p+2. The van der Waals surface area contributed by atoms with Gasteiger partial charge in [0.15, 0.2) is 11.1 Å². The van der Waals surface area contributed by atoms with Crippen molar-refractivity contribution in [1.82, 2.24) is 4.58 Å². The van der Waals surface area contributed by atoms with Gasteiger partial charge in [0, 0.05) is 12.5 Å². The normalized spacial score (nSPS) is 26.9. The zero-order chi connectivity index (χ0) is 18.6. The Bertz CT molecular complexity index is 1020. The minimum atomic E-state index is -1.01. The van der Waals surface area contributed by atoms with Crippen LogP contribution < -0.4 is 15.3 Å². The smallest absolute Gasteiger partial charge is 0.338 e. The highest BCUT2D eigenvalue weighted by Gasteiger charge is 2.49. The number of hydrogen-bond acceptors (Lipinski definition) is 4. The third kappa shape index (κ3) is 2.28. The number of carboxylic acids is 2. The van der Waals surface area contributed by atoms with Gasteiger partial charge in [-0.25, -0.2) is 19.4 Å². The molecule has 0 saturated heterocycles. The summed E-state index contributed by atoms with van der Waals surface area (Å²) in [5.74, 6) is -2.43. The van der Waals surface area contributed by atoms with Crippen molar-refractivity contribution in [3.05, 3.63) is 34.5 Å². The Morgan fingerprint density at radius 3 is 2.54 bits per heavy atom. The van der Waals surface area contributed by atoms with Crippen LogP contribution >= 0.6 is 0 Å². The summed E-state index contributed by atoms with van der Waals surface area (Å²) >= 11 is 0. The van der Waals surface area contributed by atoms with Crippen molar-refractivity contribution in [2.75, 3.05) is 14.1 Å². The summed E-state index contributed by atoms with van der Waals surface area (Å²) in [6.07, 6.45) is 1.47. The average molecular weight is 356 g/mol. The monoisotopic (exact) mass is 356 g/mol. The van der Waals surface area contributed by atoms with Gasteiger partial charge in [-0.2, -0.15) is 4.58 Å². The van der Waals surface area contributed by atoms with Crippen molar-refractivity contribution in [3.63, 3.8) is 0 Å². The Balaban J connectivity index is 1.82. The van der Waals surface area contributed by atoms with Crippen molar-refractivity contribution in [2.24, 2.45) is 15.9 Å². The van der Waals surface area contributed by atoms with Crippen molar-refractivity contribution in [2.45, 2.75) is 31.6 Å². The lowest BCUT2D eigenvalue weighted by Gasteiger charge is -2.16. The number of nitrogens with zero attached hydrogens (tertiary/aromatic N) is 4. The minimum absolute atomic E-state index is 0.165. The summed E-state index contributed by atoms with van der Waals surface area (Å²) in [6, 6.07) is 5.09. The molecule has 1 aromatic carbocycles. The number of aliphatic imine (C=N–C) groups is 1. The molecule has 0 aromatic heterocycles. The van der Waals surface area contributed by atoms with Gasteiger partial charge in [-0.1, -0.05) is 6.07 Å². The summed E-state index contributed by atoms with van der Waals surface area (Å²) in [7, 11) is 3.77. The molecule has 0 radical (unpaired) electrons. The van der Waals surface area contributed by atoms with E-state index < -0.39 is 24.0 Å². The van der Waals surface area contributed by atoms with Gasteiger partial charge in [0.1, 0.15) is 25.7 Å². The van der Waals surface area contributed by atoms with E-state index >= 15 is 0 Å². The molecule has 2 aliphatic heterocycles. The van der Waals surface area contributed by atoms with Gasteiger partial charge in [-0.3, -0.25) is 4.79 Å². The molecule has 2 N–H and O–H groups in total. The van der Waals surface area contributed by atoms with E-state index in [2.05, 4.69) is 4.99 Å². The minimum Gasteiger partial charge on any atom is -0.481 e. The van der Waals surface area contributed by atoms with E-state index in [9.17, 15) is 19.8 Å². The number of likely N-dealkylation sites (N-methyl/N-ethyl adjacent to an activating group) is 2. The summed E-state index contributed by atoms with van der Waals surface area (Å²) in [5, 5.41) is 20.1. The fourth-order valence-electron chi connectivity index (χ4n) is 4.11. The first-order chi connectivity index (χ1) is 12.4. The van der Waals surface area contributed by atoms with Crippen LogP contribution in [0.4, 0.5) is 0 Å². The Morgan fingerprint density at radius 1 is 1.12 bits per heavy atom. The summed E-state index contributed by atoms with van der Waals surface area (Å²) in [4.78, 5) is 32.5. The Labute approximate surface area is 149 Å². The molecular weight excluding hydrogens is 336 g/mol. The highest BCUT2D eigenvalue weighted by Crippen LogP contribution is 2.26. The number of carbonyl (C=O) groups is 2. The topological polar surface area (TPSA) is 105 Å². The van der Waals surface area contributed by atoms with Crippen molar-refractivity contribution in [1.29, 1.82) is 0 Å². The molecule has 3 aliphatic rings. The second kappa shape index (κ2) is 5.82. The lowest BCUT2D eigenvalue weighted by Crippen LogP contribution is -2.43. The molecule has 3 atom stereocenters. The van der Waals surface area contributed by atoms with Crippen LogP contribution in [-0.2, 0) is 4.79 Å². The van der Waals surface area contributed by atoms with Crippen LogP contribution in [0.2, 0.25) is 0 Å². The Kier molecular flexibility index (Phi) is 3.71. The molecular formula is C18H20N4O4+2. The summed E-state index contributed by atoms with van der Waals surface area (Å²) in [6.45, 7) is 0. The van der Waals surface area contributed by atoms with Crippen LogP contribution in [0.1, 0.15) is 29.6 Å². The first kappa shape index (κ1) is 16.6. The maximum Gasteiger partial charge on any atom is 0.338 e. The number of fused-ring (bicyclic) bond motifs is 2. The van der Waals surface area contributed by atoms with Crippen LogP contribution in [0.15, 0.2) is 28.2 Å². The fourth-order valence-corrected chi connectivity index (χ4v) is 4.11. The second-order valence-electron chi connectivity index (χ2n) is 6.90. The number of aliphatic carboxylic acids is 1. The number of rotatable bonds is 3. The number of para-hydroxylation sites is 1. The molecule has 8 heteroatoms. The van der Waals surface area contributed by atoms with Crippen molar-refractivity contribution < 1.29 is 24.4 Å². The van der Waals surface area contributed by atoms with Gasteiger partial charge in [-0.15, -0.1) is 0 Å². The number of carboxylic acid groups (broad SMARTS) is 2. The third-order valence-corrected chi connectivity index (χ3v) is 5.47. The lowest BCUT2D eigenvalue weighted by atomic mass is 9.86. The number of aromatic carboxylic acids is 1. The second-order valence-corrected chi connectivity index (χ2v) is 6.90. The molecule has 2 heterocycles. The fraction of sp³-hybridized carbons (Fsp3) is 0.444. The van der Waals surface area contributed by atoms with E-state index in [0.29, 0.717) is 17.5 Å². The van der Waals surface area contributed by atoms with E-state index in [-0.39, 0.29) is 11.7 Å². The molecule has 0 spiro atoms. The highest BCUT2D eigenvalue weighted by atomic mass is 16.4. The van der Waals surface area contributed by atoms with Crippen molar-refractivity contribution in [3.8, 4) is 0 Å². The molecule has 0 amide bonds. The van der Waals surface area contributed by atoms with E-state index in [4.69, 9.17) is 4.99 Å². The van der Waals surface area contributed by atoms with Crippen LogP contribution in [-0.4, -0.2) is 64.6 Å². The first-order valence-electron chi connectivity index (χ1n) is 8.59. The lowest BCUT2D eigenvalue weighted by molar-refractivity contribution is -0.536. The van der Waals surface area contributed by atoms with Gasteiger partial charge in [0.05, 0.1) is 5.56 Å². The molecule has 8 nitrogen and oxygen atoms in total. The number of benzene rings is 1. The van der Waals surface area contributed by atoms with Crippen molar-refractivity contribution >= 4 is 23.4 Å². The molecule has 0 bridgehead atoms. The van der Waals surface area contributed by atoms with Crippen LogP contribution in [0.25, 0.3) is 0 Å². The third-order valence-electron chi connectivity index (χ3n) is 5.47. The summed E-state index contributed by atoms with van der Waals surface area (Å²) in [5.41, 5.74) is 1.78. The molecule has 26 heavy (non-hydrogen) atoms. The van der Waals surface area contributed by atoms with E-state index in [1.165, 1.54) is 0 Å². The maximum atomic E-state index is 11.6. The van der Waals surface area contributed by atoms with Crippen LogP contribution in [0.3, 0.4) is 0 Å². The predicted molar refractivity (Wildman–Crippen MR) is 92.5 cm³/mol. The maximum absolute atomic E-state index is 11.6. The largest absolute Gasteiger partial charge is 0.481 e. The molecule has 1 aromatic rings. The quantitative estimate of drug-likeness (QED) is 0.693. The zero-order valence-electron chi connectivity index (χ0n) is 14.6. The predicted octanol–water partition coefficient (Wildman–Crippen LogP) is -0.786. The van der Waals surface area contributed by atoms with Gasteiger partial charge < -0.3 is 10.2 Å². The molecule has 134 valence electrons. The molecule has 4 rings (SSSR count). The first-order valence-corrected chi connectivity index (χ1v) is 8.59. The molecule has 1 saturated carbocycles. The number of hydrogen-bond donors (Lipinski definition) is 2. The Morgan fingerprint density at radius 2 is 1.85 bits per heavy atom. The molecule has 1 aliphatic carbocycles. The highest BCUT2D eigenvalue weighted by molar-refractivity contribution is 6.45. The summed E-state index contributed by atoms with van der Waals surface area (Å²) < 4.78 is 3.92. The average Bonchev–Trinajstić information content (AvgIpc) is 3.12. The Hall–Kier alpha value is -2.90. The van der Waals surface area contributed by atoms with Gasteiger partial charge in [0.2, 0.25) is 5.36 Å². The SMILES string of the molecule is C[N+]1=C2CCCC(C(=O)O)C2=NC1C1N=c2c(C(=O)O)cccc2=[N+]1C. The van der Waals surface area contributed by atoms with Gasteiger partial charge >= 0.3 is 24.3 Å². The van der Waals surface area contributed by atoms with E-state index in [0.717, 1.165) is 23.9 Å². The zero-order valence-corrected chi connectivity index (χ0v) is 14.6. The van der Waals surface area contributed by atoms with Gasteiger partial charge in [0.25, 0.3) is 0 Å². The van der Waals surface area contributed by atoms with E-state index in [1.54, 1.807) is 12.1 Å². The molecule has 3 unspecified atom stereocenters. The molecule has 1 fully saturated rings. The van der Waals surface area contributed by atoms with Crippen LogP contribution in [0, 0.1) is 5.92 Å². The van der Waals surface area contributed by atoms with Gasteiger partial charge in [-0.05, 0) is 18.9 Å².